The van der Waals surface area contributed by atoms with Gasteiger partial charge in [-0.05, 0) is 56.1 Å². The number of carbonyl (C=O) groups is 4. The number of likely N-dealkylation sites (tertiary alicyclic amines) is 2. The summed E-state index contributed by atoms with van der Waals surface area (Å²) < 4.78 is 40.1. The highest BCUT2D eigenvalue weighted by Crippen LogP contribution is 2.46. The number of aromatic nitrogens is 1. The summed E-state index contributed by atoms with van der Waals surface area (Å²) in [6.45, 7) is 10.9. The molecule has 2 saturated carbocycles. The molecule has 3 aromatic rings. The first-order chi connectivity index (χ1) is 27.1. The minimum absolute atomic E-state index is 0.0140. The van der Waals surface area contributed by atoms with Crippen molar-refractivity contribution in [2.24, 2.45) is 17.3 Å². The normalized spacial score (nSPS) is 24.0. The van der Waals surface area contributed by atoms with E-state index in [1.165, 1.54) is 11.0 Å². The van der Waals surface area contributed by atoms with Crippen molar-refractivity contribution in [2.45, 2.75) is 95.1 Å². The molecule has 4 aliphatic rings. The maximum atomic E-state index is 14.9. The van der Waals surface area contributed by atoms with E-state index in [0.717, 1.165) is 24.8 Å². The number of amides is 4. The van der Waals surface area contributed by atoms with Crippen molar-refractivity contribution in [3.63, 3.8) is 0 Å². The molecule has 0 spiro atoms. The monoisotopic (exact) mass is 799 g/mol. The minimum Gasteiger partial charge on any atom is -0.497 e. The van der Waals surface area contributed by atoms with Gasteiger partial charge in [-0.15, -0.1) is 6.58 Å². The second kappa shape index (κ2) is 15.8. The third-order valence-electron chi connectivity index (χ3n) is 11.9. The van der Waals surface area contributed by atoms with E-state index in [1.54, 1.807) is 7.11 Å². The Labute approximate surface area is 334 Å². The van der Waals surface area contributed by atoms with Gasteiger partial charge in [0.1, 0.15) is 29.2 Å². The fourth-order valence-electron chi connectivity index (χ4n) is 8.14. The molecule has 4 amide bonds. The zero-order valence-electron chi connectivity index (χ0n) is 33.2. The second-order valence-electron chi connectivity index (χ2n) is 17.0. The SMILES string of the molecule is C=CC1C[C@@]1(NC(=O)[C@@H]1C[C@@H](Oc2cc(-c3ccccc3)nc3cc(OC)ccc23)CN1C(=O)[C@@H](CC(=O)N1CCCCC1)C(C)(C)C)C(=O)NS(=O)(=O)C1CC1. The Morgan fingerprint density at radius 2 is 1.75 bits per heavy atom. The molecule has 14 heteroatoms. The minimum atomic E-state index is -3.90. The number of benzene rings is 2. The van der Waals surface area contributed by atoms with Crippen LogP contribution in [0.5, 0.6) is 11.5 Å². The second-order valence-corrected chi connectivity index (χ2v) is 18.9. The van der Waals surface area contributed by atoms with Crippen molar-refractivity contribution < 1.29 is 37.1 Å². The summed E-state index contributed by atoms with van der Waals surface area (Å²) in [5, 5.41) is 2.94. The highest BCUT2D eigenvalue weighted by molar-refractivity contribution is 7.91. The van der Waals surface area contributed by atoms with Crippen LogP contribution in [0.3, 0.4) is 0 Å². The Hall–Kier alpha value is -4.98. The molecule has 5 atom stereocenters. The lowest BCUT2D eigenvalue weighted by Crippen LogP contribution is -2.57. The van der Waals surface area contributed by atoms with Crippen LogP contribution in [0.25, 0.3) is 22.2 Å². The van der Waals surface area contributed by atoms with Gasteiger partial charge in [-0.1, -0.05) is 57.2 Å². The first-order valence-electron chi connectivity index (χ1n) is 19.9. The van der Waals surface area contributed by atoms with Crippen molar-refractivity contribution in [1.29, 1.82) is 0 Å². The molecule has 304 valence electrons. The lowest BCUT2D eigenvalue weighted by atomic mass is 9.77. The van der Waals surface area contributed by atoms with E-state index in [4.69, 9.17) is 14.5 Å². The highest BCUT2D eigenvalue weighted by Gasteiger charge is 2.62. The Bertz CT molecular complexity index is 2160. The lowest BCUT2D eigenvalue weighted by molar-refractivity contribution is -0.148. The molecule has 1 unspecified atom stereocenters. The van der Waals surface area contributed by atoms with Gasteiger partial charge < -0.3 is 24.6 Å². The highest BCUT2D eigenvalue weighted by atomic mass is 32.2. The molecule has 2 aromatic carbocycles. The molecule has 57 heavy (non-hydrogen) atoms. The van der Waals surface area contributed by atoms with Crippen LogP contribution in [0.4, 0.5) is 0 Å². The van der Waals surface area contributed by atoms with Gasteiger partial charge in [0.15, 0.2) is 0 Å². The molecule has 2 N–H and O–H groups in total. The molecule has 0 bridgehead atoms. The average molecular weight is 800 g/mol. The summed E-state index contributed by atoms with van der Waals surface area (Å²) in [4.78, 5) is 64.9. The van der Waals surface area contributed by atoms with Crippen molar-refractivity contribution in [3.8, 4) is 22.8 Å². The Kier molecular flexibility index (Phi) is 11.1. The van der Waals surface area contributed by atoms with Gasteiger partial charge in [-0.2, -0.15) is 0 Å². The van der Waals surface area contributed by atoms with E-state index in [9.17, 15) is 27.6 Å². The maximum absolute atomic E-state index is 14.9. The number of hydrogen-bond donors (Lipinski definition) is 2. The molecule has 2 aliphatic carbocycles. The van der Waals surface area contributed by atoms with Crippen LogP contribution in [-0.4, -0.2) is 96.5 Å². The van der Waals surface area contributed by atoms with Crippen LogP contribution in [0.2, 0.25) is 0 Å². The number of ether oxygens (including phenoxy) is 2. The third-order valence-corrected chi connectivity index (χ3v) is 13.7. The standard InChI is InChI=1S/C43H53N5O8S/c1-6-28-25-43(28,41(52)46-57(53,54)31-16-17-31)45-39(50)36-22-30(26-48(36)40(51)33(42(2,3)4)23-38(49)47-19-11-8-12-20-47)56-37-24-34(27-13-9-7-10-14-27)44-35-21-29(55-5)15-18-32(35)37/h6-7,9-10,13-15,18,21,24,28,30-31,33,36H,1,8,11-12,16-17,19-20,22-23,25-26H2,2-5H3,(H,45,50)(H,46,52)/t28?,30-,33-,36+,43+/m1/s1. The van der Waals surface area contributed by atoms with Crippen molar-refractivity contribution in [1.82, 2.24) is 24.8 Å². The van der Waals surface area contributed by atoms with Gasteiger partial charge in [0.25, 0.3) is 5.91 Å². The number of sulfonamides is 1. The van der Waals surface area contributed by atoms with Crippen molar-refractivity contribution in [2.75, 3.05) is 26.7 Å². The van der Waals surface area contributed by atoms with Crippen LogP contribution in [0, 0.1) is 17.3 Å². The molecule has 2 saturated heterocycles. The predicted molar refractivity (Wildman–Crippen MR) is 216 cm³/mol. The number of carbonyl (C=O) groups excluding carboxylic acids is 4. The molecule has 2 aliphatic heterocycles. The largest absolute Gasteiger partial charge is 0.497 e. The van der Waals surface area contributed by atoms with Crippen LogP contribution in [0.1, 0.15) is 72.1 Å². The Morgan fingerprint density at radius 3 is 2.39 bits per heavy atom. The smallest absolute Gasteiger partial charge is 0.259 e. The van der Waals surface area contributed by atoms with Gasteiger partial charge in [0, 0.05) is 54.9 Å². The number of hydrogen-bond acceptors (Lipinski definition) is 9. The number of nitrogens with one attached hydrogen (secondary N) is 2. The lowest BCUT2D eigenvalue weighted by Gasteiger charge is -2.36. The Morgan fingerprint density at radius 1 is 1.04 bits per heavy atom. The number of rotatable bonds is 13. The van der Waals surface area contributed by atoms with E-state index < -0.39 is 62.0 Å². The van der Waals surface area contributed by atoms with Gasteiger partial charge in [-0.25, -0.2) is 13.4 Å². The van der Waals surface area contributed by atoms with Gasteiger partial charge in [-0.3, -0.25) is 23.9 Å². The van der Waals surface area contributed by atoms with E-state index in [-0.39, 0.29) is 37.6 Å². The number of fused-ring (bicyclic) bond motifs is 1. The Balaban J connectivity index is 1.21. The van der Waals surface area contributed by atoms with E-state index in [0.29, 0.717) is 54.0 Å². The van der Waals surface area contributed by atoms with Crippen LogP contribution in [-0.2, 0) is 29.2 Å². The summed E-state index contributed by atoms with van der Waals surface area (Å²) >= 11 is 0. The molecule has 4 fully saturated rings. The van der Waals surface area contributed by atoms with Gasteiger partial charge in [0.05, 0.1) is 36.0 Å². The molecule has 1 aromatic heterocycles. The number of methoxy groups -OCH3 is 1. The zero-order valence-corrected chi connectivity index (χ0v) is 34.0. The predicted octanol–water partition coefficient (Wildman–Crippen LogP) is 4.99. The topological polar surface area (TPSA) is 164 Å². The maximum Gasteiger partial charge on any atom is 0.259 e. The summed E-state index contributed by atoms with van der Waals surface area (Å²) in [5.74, 6) is -2.03. The fourth-order valence-corrected chi connectivity index (χ4v) is 9.51. The van der Waals surface area contributed by atoms with Gasteiger partial charge >= 0.3 is 0 Å². The molecular formula is C43H53N5O8S. The third kappa shape index (κ3) is 8.51. The number of piperidine rings is 1. The molecule has 0 radical (unpaired) electrons. The van der Waals surface area contributed by atoms with Crippen LogP contribution < -0.4 is 19.5 Å². The number of nitrogens with zero attached hydrogens (tertiary/aromatic N) is 3. The summed E-state index contributed by atoms with van der Waals surface area (Å²) in [6.07, 6.45) is 4.91. The average Bonchev–Trinajstić information content (AvgIpc) is 4.13. The fraction of sp³-hybridized carbons (Fsp3) is 0.512. The first kappa shape index (κ1) is 40.2. The van der Waals surface area contributed by atoms with E-state index in [1.807, 2.05) is 80.3 Å². The molecular weight excluding hydrogens is 747 g/mol. The van der Waals surface area contributed by atoms with Crippen LogP contribution >= 0.6 is 0 Å². The summed E-state index contributed by atoms with van der Waals surface area (Å²) in [5.41, 5.74) is -0.0157. The van der Waals surface area contributed by atoms with E-state index in [2.05, 4.69) is 16.6 Å². The van der Waals surface area contributed by atoms with Crippen molar-refractivity contribution >= 4 is 44.6 Å². The van der Waals surface area contributed by atoms with E-state index >= 15 is 0 Å². The first-order valence-corrected chi connectivity index (χ1v) is 21.5. The summed E-state index contributed by atoms with van der Waals surface area (Å²) in [7, 11) is -2.31. The summed E-state index contributed by atoms with van der Waals surface area (Å²) in [6, 6.07) is 15.9. The van der Waals surface area contributed by atoms with Crippen LogP contribution in [0.15, 0.2) is 67.3 Å². The zero-order chi connectivity index (χ0) is 40.7. The molecule has 3 heterocycles. The van der Waals surface area contributed by atoms with Gasteiger partial charge in [0.2, 0.25) is 27.7 Å². The quantitative estimate of drug-likeness (QED) is 0.227. The number of pyridine rings is 1. The molecule has 7 rings (SSSR count). The molecule has 13 nitrogen and oxygen atoms in total. The van der Waals surface area contributed by atoms with Crippen molar-refractivity contribution in [3.05, 3.63) is 67.3 Å².